The largest absolute Gasteiger partial charge is 0.327 e. The molecule has 1 aliphatic carbocycles. The van der Waals surface area contributed by atoms with Crippen LogP contribution in [0.2, 0.25) is 0 Å². The second-order valence-electron chi connectivity index (χ2n) is 9.13. The van der Waals surface area contributed by atoms with E-state index in [4.69, 9.17) is 0 Å². The Kier molecular flexibility index (Phi) is 7.70. The zero-order valence-corrected chi connectivity index (χ0v) is 18.8. The quantitative estimate of drug-likeness (QED) is 0.738. The lowest BCUT2D eigenvalue weighted by atomic mass is 9.74. The molecule has 2 aliphatic rings. The van der Waals surface area contributed by atoms with Gasteiger partial charge in [-0.2, -0.15) is 5.26 Å². The van der Waals surface area contributed by atoms with Crippen LogP contribution in [0.1, 0.15) is 76.9 Å². The predicted octanol–water partition coefficient (Wildman–Crippen LogP) is 3.29. The summed E-state index contributed by atoms with van der Waals surface area (Å²) < 4.78 is 1.69. The highest BCUT2D eigenvalue weighted by molar-refractivity contribution is 5.75. The summed E-state index contributed by atoms with van der Waals surface area (Å²) in [5, 5.41) is 21.7. The minimum absolute atomic E-state index is 0.0199. The first-order valence-electron chi connectivity index (χ1n) is 11.6. The molecule has 1 saturated heterocycles. The van der Waals surface area contributed by atoms with Crippen molar-refractivity contribution < 1.29 is 4.79 Å². The number of piperazine rings is 1. The molecule has 1 saturated carbocycles. The average molecular weight is 416 g/mol. The van der Waals surface area contributed by atoms with Crippen molar-refractivity contribution in [2.24, 2.45) is 5.92 Å². The normalized spacial score (nSPS) is 21.6. The van der Waals surface area contributed by atoms with Crippen LogP contribution in [0.4, 0.5) is 4.79 Å². The Balaban J connectivity index is 1.81. The smallest absolute Gasteiger partial charge is 0.318 e. The Labute approximate surface area is 180 Å². The zero-order valence-electron chi connectivity index (χ0n) is 18.8. The number of rotatable bonds is 7. The number of aromatic nitrogens is 3. The van der Waals surface area contributed by atoms with E-state index in [1.165, 1.54) is 19.3 Å². The first-order valence-corrected chi connectivity index (χ1v) is 11.6. The third-order valence-corrected chi connectivity index (χ3v) is 6.92. The first-order chi connectivity index (χ1) is 14.5. The lowest BCUT2D eigenvalue weighted by Crippen LogP contribution is -2.57. The fourth-order valence-electron chi connectivity index (χ4n) is 4.69. The van der Waals surface area contributed by atoms with Crippen LogP contribution in [0.3, 0.4) is 0 Å². The standard InChI is InChI=1S/C22H37N7O/c1-4-5-11-19(16-23)29-17-20(25-26-29)22(2,18-9-7-6-8-10-18)24-21(30)28-14-12-27(3)13-15-28/h17-19H,4-15H2,1-3H3,(H,24,30). The Morgan fingerprint density at radius 3 is 2.63 bits per heavy atom. The van der Waals surface area contributed by atoms with Gasteiger partial charge in [0.1, 0.15) is 11.7 Å². The molecule has 3 rings (SSSR count). The summed E-state index contributed by atoms with van der Waals surface area (Å²) in [5.41, 5.74) is 0.192. The summed E-state index contributed by atoms with van der Waals surface area (Å²) in [6.45, 7) is 7.48. The minimum atomic E-state index is -0.579. The fraction of sp³-hybridized carbons (Fsp3) is 0.818. The number of carbonyl (C=O) groups excluding carboxylic acids is 1. The number of nitrogens with one attached hydrogen (secondary N) is 1. The van der Waals surface area contributed by atoms with Crippen LogP contribution in [0.5, 0.6) is 0 Å². The molecule has 166 valence electrons. The third-order valence-electron chi connectivity index (χ3n) is 6.92. The third kappa shape index (κ3) is 5.12. The molecule has 1 aromatic rings. The molecule has 0 radical (unpaired) electrons. The summed E-state index contributed by atoms with van der Waals surface area (Å²) in [6.07, 6.45) is 10.4. The van der Waals surface area contributed by atoms with E-state index in [1.807, 2.05) is 11.1 Å². The molecular formula is C22H37N7O. The average Bonchev–Trinajstić information content (AvgIpc) is 3.26. The van der Waals surface area contributed by atoms with Crippen LogP contribution < -0.4 is 5.32 Å². The van der Waals surface area contributed by atoms with E-state index < -0.39 is 5.54 Å². The van der Waals surface area contributed by atoms with E-state index in [0.29, 0.717) is 5.92 Å². The van der Waals surface area contributed by atoms with E-state index in [9.17, 15) is 10.1 Å². The molecule has 8 heteroatoms. The van der Waals surface area contributed by atoms with Gasteiger partial charge in [-0.25, -0.2) is 9.48 Å². The minimum Gasteiger partial charge on any atom is -0.327 e. The van der Waals surface area contributed by atoms with Gasteiger partial charge in [0.2, 0.25) is 0 Å². The first kappa shape index (κ1) is 22.5. The lowest BCUT2D eigenvalue weighted by Gasteiger charge is -2.41. The molecule has 2 atom stereocenters. The van der Waals surface area contributed by atoms with Crippen molar-refractivity contribution in [1.82, 2.24) is 30.1 Å². The number of amides is 2. The molecule has 2 amide bonds. The molecular weight excluding hydrogens is 378 g/mol. The molecule has 1 aromatic heterocycles. The van der Waals surface area contributed by atoms with Crippen molar-refractivity contribution >= 4 is 6.03 Å². The van der Waals surface area contributed by atoms with Crippen LogP contribution in [0.25, 0.3) is 0 Å². The number of hydrogen-bond acceptors (Lipinski definition) is 5. The van der Waals surface area contributed by atoms with Crippen LogP contribution in [-0.2, 0) is 5.54 Å². The molecule has 2 heterocycles. The highest BCUT2D eigenvalue weighted by atomic mass is 16.2. The van der Waals surface area contributed by atoms with Crippen molar-refractivity contribution in [3.8, 4) is 6.07 Å². The molecule has 8 nitrogen and oxygen atoms in total. The highest BCUT2D eigenvalue weighted by Crippen LogP contribution is 2.38. The summed E-state index contributed by atoms with van der Waals surface area (Å²) in [7, 11) is 2.09. The van der Waals surface area contributed by atoms with Gasteiger partial charge in [0.25, 0.3) is 0 Å². The Bertz CT molecular complexity index is 728. The maximum absolute atomic E-state index is 13.2. The monoisotopic (exact) mass is 415 g/mol. The van der Waals surface area contributed by atoms with E-state index >= 15 is 0 Å². The van der Waals surface area contributed by atoms with Crippen molar-refractivity contribution in [2.75, 3.05) is 33.2 Å². The van der Waals surface area contributed by atoms with Crippen LogP contribution in [0, 0.1) is 17.2 Å². The van der Waals surface area contributed by atoms with Crippen molar-refractivity contribution in [3.05, 3.63) is 11.9 Å². The Hall–Kier alpha value is -2.14. The maximum atomic E-state index is 13.2. The van der Waals surface area contributed by atoms with E-state index in [1.54, 1.807) is 4.68 Å². The predicted molar refractivity (Wildman–Crippen MR) is 116 cm³/mol. The Morgan fingerprint density at radius 1 is 1.30 bits per heavy atom. The number of hydrogen-bond donors (Lipinski definition) is 1. The van der Waals surface area contributed by atoms with Gasteiger partial charge in [0, 0.05) is 26.2 Å². The summed E-state index contributed by atoms with van der Waals surface area (Å²) in [4.78, 5) is 17.3. The number of carbonyl (C=O) groups is 1. The molecule has 30 heavy (non-hydrogen) atoms. The molecule has 1 N–H and O–H groups in total. The van der Waals surface area contributed by atoms with Crippen LogP contribution >= 0.6 is 0 Å². The fourth-order valence-corrected chi connectivity index (χ4v) is 4.69. The second kappa shape index (κ2) is 10.3. The molecule has 0 aromatic carbocycles. The number of nitriles is 1. The van der Waals surface area contributed by atoms with Crippen LogP contribution in [0.15, 0.2) is 6.20 Å². The van der Waals surface area contributed by atoms with Crippen molar-refractivity contribution in [2.45, 2.75) is 76.8 Å². The molecule has 2 unspecified atom stereocenters. The van der Waals surface area contributed by atoms with E-state index in [-0.39, 0.29) is 12.1 Å². The summed E-state index contributed by atoms with van der Waals surface area (Å²) in [6, 6.07) is 2.02. The van der Waals surface area contributed by atoms with Gasteiger partial charge < -0.3 is 15.1 Å². The van der Waals surface area contributed by atoms with Crippen molar-refractivity contribution in [3.63, 3.8) is 0 Å². The Morgan fingerprint density at radius 2 is 2.00 bits per heavy atom. The summed E-state index contributed by atoms with van der Waals surface area (Å²) in [5.74, 6) is 0.323. The second-order valence-corrected chi connectivity index (χ2v) is 9.13. The molecule has 0 spiro atoms. The SMILES string of the molecule is CCCCC(C#N)n1cc(C(C)(NC(=O)N2CCN(C)CC2)C2CCCCC2)nn1. The molecule has 1 aliphatic heterocycles. The van der Waals surface area contributed by atoms with E-state index in [0.717, 1.165) is 64.0 Å². The number of nitrogens with zero attached hydrogens (tertiary/aromatic N) is 6. The van der Waals surface area contributed by atoms with Gasteiger partial charge in [-0.15, -0.1) is 5.10 Å². The highest BCUT2D eigenvalue weighted by Gasteiger charge is 2.41. The van der Waals surface area contributed by atoms with Gasteiger partial charge in [0.15, 0.2) is 0 Å². The summed E-state index contributed by atoms with van der Waals surface area (Å²) >= 11 is 0. The van der Waals surface area contributed by atoms with Gasteiger partial charge in [0.05, 0.1) is 17.8 Å². The van der Waals surface area contributed by atoms with Gasteiger partial charge >= 0.3 is 6.03 Å². The van der Waals surface area contributed by atoms with E-state index in [2.05, 4.69) is 47.5 Å². The topological polar surface area (TPSA) is 90.1 Å². The zero-order chi connectivity index (χ0) is 21.6. The molecule has 0 bridgehead atoms. The number of unbranched alkanes of at least 4 members (excludes halogenated alkanes) is 1. The van der Waals surface area contributed by atoms with Gasteiger partial charge in [-0.1, -0.05) is 44.2 Å². The van der Waals surface area contributed by atoms with Crippen molar-refractivity contribution in [1.29, 1.82) is 5.26 Å². The number of likely N-dealkylation sites (N-methyl/N-ethyl adjacent to an activating group) is 1. The van der Waals surface area contributed by atoms with Gasteiger partial charge in [-0.05, 0) is 39.2 Å². The van der Waals surface area contributed by atoms with Crippen LogP contribution in [-0.4, -0.2) is 64.1 Å². The number of urea groups is 1. The molecule has 2 fully saturated rings. The maximum Gasteiger partial charge on any atom is 0.318 e. The lowest BCUT2D eigenvalue weighted by molar-refractivity contribution is 0.125. The van der Waals surface area contributed by atoms with Gasteiger partial charge in [-0.3, -0.25) is 0 Å².